The van der Waals surface area contributed by atoms with E-state index in [2.05, 4.69) is 184 Å². The van der Waals surface area contributed by atoms with Crippen molar-refractivity contribution in [3.63, 3.8) is 0 Å². The van der Waals surface area contributed by atoms with Crippen molar-refractivity contribution in [2.75, 3.05) is 0 Å². The van der Waals surface area contributed by atoms with Gasteiger partial charge in [-0.3, -0.25) is 4.57 Å². The van der Waals surface area contributed by atoms with Crippen LogP contribution in [-0.4, -0.2) is 24.1 Å². The fraction of sp³-hybridized carbons (Fsp3) is 0. The van der Waals surface area contributed by atoms with Gasteiger partial charge in [-0.15, -0.1) is 0 Å². The van der Waals surface area contributed by atoms with Crippen LogP contribution in [0.4, 0.5) is 0 Å². The average Bonchev–Trinajstić information content (AvgIpc) is 3.90. The highest BCUT2D eigenvalue weighted by molar-refractivity contribution is 6.20. The number of nitrogens with one attached hydrogen (secondary N) is 1. The van der Waals surface area contributed by atoms with Crippen molar-refractivity contribution < 1.29 is 0 Å². The van der Waals surface area contributed by atoms with Gasteiger partial charge >= 0.3 is 0 Å². The molecule has 5 nitrogen and oxygen atoms in total. The Labute approximate surface area is 315 Å². The maximum Gasteiger partial charge on any atom is 0.235 e. The molecule has 12 aromatic rings. The molecule has 1 N–H and O–H groups in total. The molecule has 0 unspecified atom stereocenters. The summed E-state index contributed by atoms with van der Waals surface area (Å²) in [6, 6.07) is 64.8. The van der Waals surface area contributed by atoms with Crippen LogP contribution >= 0.6 is 0 Å². The van der Waals surface area contributed by atoms with Gasteiger partial charge in [0.25, 0.3) is 0 Å². The first-order valence-electron chi connectivity index (χ1n) is 18.7. The second-order valence-corrected chi connectivity index (χ2v) is 14.3. The molecule has 12 rings (SSSR count). The topological polar surface area (TPSA) is 51.4 Å². The van der Waals surface area contributed by atoms with E-state index in [4.69, 9.17) is 9.97 Å². The first kappa shape index (κ1) is 30.0. The van der Waals surface area contributed by atoms with Crippen LogP contribution in [0.15, 0.2) is 182 Å². The van der Waals surface area contributed by atoms with E-state index in [1.54, 1.807) is 0 Å². The summed E-state index contributed by atoms with van der Waals surface area (Å²) < 4.78 is 4.59. The number of hydrogen-bond acceptors (Lipinski definition) is 2. The van der Waals surface area contributed by atoms with E-state index in [0.29, 0.717) is 5.95 Å². The van der Waals surface area contributed by atoms with Crippen molar-refractivity contribution in [2.45, 2.75) is 0 Å². The second-order valence-electron chi connectivity index (χ2n) is 14.3. The molecule has 0 amide bonds. The Morgan fingerprint density at radius 1 is 0.382 bits per heavy atom. The minimum absolute atomic E-state index is 0.655. The Bertz CT molecular complexity index is 3480. The molecule has 0 aliphatic heterocycles. The molecule has 0 aliphatic carbocycles. The van der Waals surface area contributed by atoms with E-state index < -0.39 is 0 Å². The van der Waals surface area contributed by atoms with E-state index in [9.17, 15) is 0 Å². The molecule has 0 bridgehead atoms. The highest BCUT2D eigenvalue weighted by Gasteiger charge is 2.20. The highest BCUT2D eigenvalue weighted by atomic mass is 15.2. The maximum atomic E-state index is 5.30. The number of benzene rings is 8. The average molecular weight is 702 g/mol. The van der Waals surface area contributed by atoms with Gasteiger partial charge in [-0.1, -0.05) is 127 Å². The maximum absolute atomic E-state index is 5.30. The smallest absolute Gasteiger partial charge is 0.235 e. The van der Waals surface area contributed by atoms with Crippen LogP contribution in [0.25, 0.3) is 110 Å². The molecular weight excluding hydrogens is 671 g/mol. The number of para-hydroxylation sites is 5. The molecule has 0 radical (unpaired) electrons. The van der Waals surface area contributed by atoms with Gasteiger partial charge in [-0.2, -0.15) is 0 Å². The van der Waals surface area contributed by atoms with Gasteiger partial charge in [0.2, 0.25) is 5.95 Å². The van der Waals surface area contributed by atoms with Crippen LogP contribution in [0.3, 0.4) is 0 Å². The molecule has 5 heteroatoms. The van der Waals surface area contributed by atoms with Crippen LogP contribution in [0.5, 0.6) is 0 Å². The molecule has 4 heterocycles. The monoisotopic (exact) mass is 701 g/mol. The van der Waals surface area contributed by atoms with Gasteiger partial charge in [0.15, 0.2) is 0 Å². The molecule has 8 aromatic carbocycles. The van der Waals surface area contributed by atoms with E-state index in [1.165, 1.54) is 54.5 Å². The van der Waals surface area contributed by atoms with Crippen molar-refractivity contribution in [3.05, 3.63) is 182 Å². The predicted molar refractivity (Wildman–Crippen MR) is 228 cm³/mol. The molecule has 0 atom stereocenters. The molecule has 256 valence electrons. The minimum atomic E-state index is 0.655. The molecule has 0 saturated heterocycles. The lowest BCUT2D eigenvalue weighted by molar-refractivity contribution is 1.01. The Balaban J connectivity index is 1.09. The van der Waals surface area contributed by atoms with E-state index >= 15 is 0 Å². The Kier molecular flexibility index (Phi) is 6.27. The zero-order chi connectivity index (χ0) is 36.0. The lowest BCUT2D eigenvalue weighted by atomic mass is 9.99. The third-order valence-corrected chi connectivity index (χ3v) is 11.3. The number of fused-ring (bicyclic) bond motifs is 10. The number of H-pyrrole nitrogens is 1. The fourth-order valence-corrected chi connectivity index (χ4v) is 8.82. The first-order valence-corrected chi connectivity index (χ1v) is 18.7. The normalized spacial score (nSPS) is 12.0. The van der Waals surface area contributed by atoms with Gasteiger partial charge in [0, 0.05) is 60.0 Å². The van der Waals surface area contributed by atoms with Crippen molar-refractivity contribution >= 4 is 76.3 Å². The number of rotatable bonds is 4. The summed E-state index contributed by atoms with van der Waals surface area (Å²) in [5.41, 5.74) is 13.2. The summed E-state index contributed by atoms with van der Waals surface area (Å²) in [6.07, 6.45) is 0. The zero-order valence-electron chi connectivity index (χ0n) is 29.6. The summed E-state index contributed by atoms with van der Waals surface area (Å²) >= 11 is 0. The molecule has 0 aliphatic rings. The van der Waals surface area contributed by atoms with Crippen molar-refractivity contribution in [2.24, 2.45) is 0 Å². The van der Waals surface area contributed by atoms with Gasteiger partial charge in [-0.25, -0.2) is 9.97 Å². The fourth-order valence-electron chi connectivity index (χ4n) is 8.82. The number of hydrogen-bond donors (Lipinski definition) is 1. The van der Waals surface area contributed by atoms with Crippen LogP contribution in [0.1, 0.15) is 0 Å². The lowest BCUT2D eigenvalue weighted by Gasteiger charge is -2.11. The quantitative estimate of drug-likeness (QED) is 0.199. The van der Waals surface area contributed by atoms with E-state index in [0.717, 1.165) is 49.9 Å². The summed E-state index contributed by atoms with van der Waals surface area (Å²) in [4.78, 5) is 14.4. The Hall–Kier alpha value is -7.50. The largest absolute Gasteiger partial charge is 0.354 e. The molecule has 0 fully saturated rings. The van der Waals surface area contributed by atoms with Crippen LogP contribution in [0.2, 0.25) is 0 Å². The minimum Gasteiger partial charge on any atom is -0.354 e. The summed E-state index contributed by atoms with van der Waals surface area (Å²) in [5.74, 6) is 0.655. The second kappa shape index (κ2) is 11.5. The SMILES string of the molecule is c1ccc(-c2nc(-n3c4ccccc4c4cc5c(cc43)[nH]c3c(-c4ccc6c(c4)c4ccccc4n6-c4ccccc4)cccc35)nc3ccccc23)cc1. The summed E-state index contributed by atoms with van der Waals surface area (Å²) in [5, 5.41) is 8.25. The third-order valence-electron chi connectivity index (χ3n) is 11.3. The number of nitrogens with zero attached hydrogens (tertiary/aromatic N) is 4. The van der Waals surface area contributed by atoms with E-state index in [1.807, 2.05) is 12.1 Å². The van der Waals surface area contributed by atoms with Gasteiger partial charge in [0.05, 0.1) is 38.8 Å². The van der Waals surface area contributed by atoms with Crippen molar-refractivity contribution in [1.29, 1.82) is 0 Å². The Morgan fingerprint density at radius 2 is 1.02 bits per heavy atom. The van der Waals surface area contributed by atoms with E-state index in [-0.39, 0.29) is 0 Å². The van der Waals surface area contributed by atoms with Crippen LogP contribution in [-0.2, 0) is 0 Å². The molecule has 4 aromatic heterocycles. The van der Waals surface area contributed by atoms with Gasteiger partial charge < -0.3 is 9.55 Å². The molecule has 55 heavy (non-hydrogen) atoms. The third kappa shape index (κ3) is 4.41. The number of aromatic amines is 1. The lowest BCUT2D eigenvalue weighted by Crippen LogP contribution is -2.03. The van der Waals surface area contributed by atoms with Crippen LogP contribution in [0, 0.1) is 0 Å². The highest BCUT2D eigenvalue weighted by Crippen LogP contribution is 2.41. The molecular formula is C50H31N5. The zero-order valence-corrected chi connectivity index (χ0v) is 29.6. The van der Waals surface area contributed by atoms with Crippen LogP contribution < -0.4 is 0 Å². The van der Waals surface area contributed by atoms with Crippen molar-refractivity contribution in [1.82, 2.24) is 24.1 Å². The van der Waals surface area contributed by atoms with Gasteiger partial charge in [0.1, 0.15) is 0 Å². The Morgan fingerprint density at radius 3 is 1.82 bits per heavy atom. The standard InChI is InChI=1S/C50H31N5/c1-3-14-31(15-4-1)48-38-20-7-10-23-42(38)52-50(53-48)55-45-25-12-9-19-36(45)41-29-39-37-22-13-21-34(49(37)51-43(39)30-47(41)55)32-26-27-46-40(28-32)35-18-8-11-24-44(35)54(46)33-16-5-2-6-17-33/h1-30,51H. The summed E-state index contributed by atoms with van der Waals surface area (Å²) in [6.45, 7) is 0. The predicted octanol–water partition coefficient (Wildman–Crippen LogP) is 12.8. The summed E-state index contributed by atoms with van der Waals surface area (Å²) in [7, 11) is 0. The number of aromatic nitrogens is 5. The first-order chi connectivity index (χ1) is 27.3. The molecule has 0 saturated carbocycles. The van der Waals surface area contributed by atoms with Gasteiger partial charge in [-0.05, 0) is 60.2 Å². The van der Waals surface area contributed by atoms with Crippen molar-refractivity contribution in [3.8, 4) is 34.0 Å². The molecule has 0 spiro atoms.